The number of hydrogen-bond acceptors (Lipinski definition) is 10. The van der Waals surface area contributed by atoms with Gasteiger partial charge in [0.05, 0.1) is 34.9 Å². The number of ether oxygens (including phenoxy) is 3. The molecule has 224 valence electrons. The Bertz CT molecular complexity index is 1620. The predicted octanol–water partition coefficient (Wildman–Crippen LogP) is 6.36. The van der Waals surface area contributed by atoms with Crippen LogP contribution in [0.4, 0.5) is 14.9 Å². The number of amides is 3. The average molecular weight is 649 g/mol. The van der Waals surface area contributed by atoms with Gasteiger partial charge in [0.2, 0.25) is 17.0 Å². The minimum absolute atomic E-state index is 0.0648. The maximum Gasteiger partial charge on any atom is 0.339 e. The van der Waals surface area contributed by atoms with E-state index in [1.165, 1.54) is 36.4 Å². The number of nitrogens with zero attached hydrogens (tertiary/aromatic N) is 3. The molecule has 0 aliphatic carbocycles. The summed E-state index contributed by atoms with van der Waals surface area (Å²) in [6.45, 7) is 3.47. The van der Waals surface area contributed by atoms with Gasteiger partial charge in [-0.25, -0.2) is 9.78 Å². The van der Waals surface area contributed by atoms with Gasteiger partial charge < -0.3 is 19.5 Å². The van der Waals surface area contributed by atoms with E-state index in [9.17, 15) is 23.6 Å². The molecule has 0 bridgehead atoms. The summed E-state index contributed by atoms with van der Waals surface area (Å²) in [6.07, 6.45) is 2.94. The predicted molar refractivity (Wildman–Crippen MR) is 158 cm³/mol. The first kappa shape index (κ1) is 31.7. The van der Waals surface area contributed by atoms with Crippen molar-refractivity contribution in [3.8, 4) is 17.4 Å². The lowest BCUT2D eigenvalue weighted by Crippen LogP contribution is -2.36. The van der Waals surface area contributed by atoms with Crippen LogP contribution in [0.2, 0.25) is 10.3 Å². The third-order valence-electron chi connectivity index (χ3n) is 5.54. The van der Waals surface area contributed by atoms with Gasteiger partial charge in [0.25, 0.3) is 17.0 Å². The van der Waals surface area contributed by atoms with Crippen LogP contribution in [0, 0.1) is 5.82 Å². The third kappa shape index (κ3) is 8.00. The van der Waals surface area contributed by atoms with Crippen molar-refractivity contribution in [2.45, 2.75) is 20.3 Å². The van der Waals surface area contributed by atoms with Crippen molar-refractivity contribution in [1.29, 1.82) is 0 Å². The smallest absolute Gasteiger partial charge is 0.339 e. The molecule has 0 unspecified atom stereocenters. The lowest BCUT2D eigenvalue weighted by atomic mass is 10.2. The molecule has 2 aromatic carbocycles. The SMILES string of the molecule is CCCOC(=O)c1cc(NC(=O)CN2C(=O)S/C(=C/c3ccc(Oc4nc(Cl)ncc4F)c(OCC)c3)C2=O)ccc1Cl. The summed E-state index contributed by atoms with van der Waals surface area (Å²) in [4.78, 5) is 58.7. The van der Waals surface area contributed by atoms with E-state index in [-0.39, 0.29) is 51.2 Å². The molecule has 0 atom stereocenters. The topological polar surface area (TPSA) is 137 Å². The summed E-state index contributed by atoms with van der Waals surface area (Å²) in [5.41, 5.74) is 0.765. The van der Waals surface area contributed by atoms with E-state index in [1.807, 2.05) is 6.92 Å². The highest BCUT2D eigenvalue weighted by molar-refractivity contribution is 8.18. The first-order chi connectivity index (χ1) is 20.6. The number of hydrogen-bond donors (Lipinski definition) is 1. The van der Waals surface area contributed by atoms with E-state index in [1.54, 1.807) is 13.0 Å². The minimum atomic E-state index is -0.834. The number of nitrogens with one attached hydrogen (secondary N) is 1. The zero-order valence-electron chi connectivity index (χ0n) is 22.7. The molecular weight excluding hydrogens is 626 g/mol. The van der Waals surface area contributed by atoms with E-state index in [0.29, 0.717) is 23.7 Å². The molecule has 0 saturated carbocycles. The number of rotatable bonds is 11. The fraction of sp³-hybridized carbons (Fsp3) is 0.214. The van der Waals surface area contributed by atoms with Crippen molar-refractivity contribution in [1.82, 2.24) is 14.9 Å². The molecule has 1 aromatic heterocycles. The minimum Gasteiger partial charge on any atom is -0.490 e. The Morgan fingerprint density at radius 3 is 2.65 bits per heavy atom. The van der Waals surface area contributed by atoms with E-state index in [2.05, 4.69) is 15.3 Å². The number of aromatic nitrogens is 2. The fourth-order valence-corrected chi connectivity index (χ4v) is 4.80. The molecular formula is C28H23Cl2FN4O7S. The highest BCUT2D eigenvalue weighted by Gasteiger charge is 2.36. The summed E-state index contributed by atoms with van der Waals surface area (Å²) in [5.74, 6) is -2.89. The molecule has 0 radical (unpaired) electrons. The van der Waals surface area contributed by atoms with Crippen LogP contribution in [0.5, 0.6) is 17.4 Å². The van der Waals surface area contributed by atoms with Crippen molar-refractivity contribution in [3.63, 3.8) is 0 Å². The molecule has 15 heteroatoms. The van der Waals surface area contributed by atoms with Gasteiger partial charge in [0.1, 0.15) is 6.54 Å². The van der Waals surface area contributed by atoms with Crippen molar-refractivity contribution < 1.29 is 37.8 Å². The number of carbonyl (C=O) groups excluding carboxylic acids is 4. The Balaban J connectivity index is 1.46. The summed E-state index contributed by atoms with van der Waals surface area (Å²) in [6, 6.07) is 8.81. The van der Waals surface area contributed by atoms with Gasteiger partial charge in [-0.1, -0.05) is 24.6 Å². The molecule has 1 aliphatic heterocycles. The summed E-state index contributed by atoms with van der Waals surface area (Å²) in [7, 11) is 0. The monoisotopic (exact) mass is 648 g/mol. The summed E-state index contributed by atoms with van der Waals surface area (Å²) in [5, 5.41) is 1.85. The Labute approximate surface area is 259 Å². The Hall–Kier alpha value is -4.20. The molecule has 4 rings (SSSR count). The van der Waals surface area contributed by atoms with Crippen molar-refractivity contribution >= 4 is 69.8 Å². The Kier molecular flexibility index (Phi) is 10.6. The van der Waals surface area contributed by atoms with E-state index in [4.69, 9.17) is 37.4 Å². The summed E-state index contributed by atoms with van der Waals surface area (Å²) >= 11 is 12.5. The lowest BCUT2D eigenvalue weighted by molar-refractivity contribution is -0.127. The van der Waals surface area contributed by atoms with Gasteiger partial charge in [0.15, 0.2) is 11.5 Å². The van der Waals surface area contributed by atoms with Crippen LogP contribution in [0.3, 0.4) is 0 Å². The van der Waals surface area contributed by atoms with E-state index in [0.717, 1.165) is 11.1 Å². The highest BCUT2D eigenvalue weighted by atomic mass is 35.5. The van der Waals surface area contributed by atoms with Crippen LogP contribution in [0.15, 0.2) is 47.5 Å². The zero-order chi connectivity index (χ0) is 31.1. The van der Waals surface area contributed by atoms with Gasteiger partial charge in [-0.15, -0.1) is 0 Å². The van der Waals surface area contributed by atoms with Gasteiger partial charge in [0, 0.05) is 5.69 Å². The molecule has 0 spiro atoms. The third-order valence-corrected chi connectivity index (χ3v) is 6.96. The molecule has 1 fully saturated rings. The molecule has 1 aliphatic rings. The van der Waals surface area contributed by atoms with Gasteiger partial charge >= 0.3 is 5.97 Å². The van der Waals surface area contributed by atoms with Crippen LogP contribution in [0.1, 0.15) is 36.2 Å². The van der Waals surface area contributed by atoms with Crippen molar-refractivity contribution in [2.75, 3.05) is 25.1 Å². The maximum absolute atomic E-state index is 14.1. The van der Waals surface area contributed by atoms with Crippen LogP contribution in [-0.2, 0) is 14.3 Å². The Morgan fingerprint density at radius 2 is 1.91 bits per heavy atom. The van der Waals surface area contributed by atoms with Gasteiger partial charge in [-0.05, 0) is 78.7 Å². The fourth-order valence-electron chi connectivity index (χ4n) is 3.64. The summed E-state index contributed by atoms with van der Waals surface area (Å²) < 4.78 is 30.3. The number of imide groups is 1. The number of thioether (sulfide) groups is 1. The second-order valence-corrected chi connectivity index (χ2v) is 10.4. The number of halogens is 3. The lowest BCUT2D eigenvalue weighted by Gasteiger charge is -2.13. The van der Waals surface area contributed by atoms with E-state index < -0.39 is 41.3 Å². The number of benzene rings is 2. The second-order valence-electron chi connectivity index (χ2n) is 8.68. The van der Waals surface area contributed by atoms with Gasteiger partial charge in [-0.3, -0.25) is 19.3 Å². The van der Waals surface area contributed by atoms with Crippen LogP contribution >= 0.6 is 35.0 Å². The second kappa shape index (κ2) is 14.3. The van der Waals surface area contributed by atoms with Crippen molar-refractivity contribution in [3.05, 3.63) is 74.8 Å². The quantitative estimate of drug-likeness (QED) is 0.142. The first-order valence-corrected chi connectivity index (χ1v) is 14.3. The maximum atomic E-state index is 14.1. The first-order valence-electron chi connectivity index (χ1n) is 12.7. The van der Waals surface area contributed by atoms with E-state index >= 15 is 0 Å². The molecule has 2 heterocycles. The molecule has 43 heavy (non-hydrogen) atoms. The molecule has 3 aromatic rings. The molecule has 3 amide bonds. The molecule has 1 N–H and O–H groups in total. The average Bonchev–Trinajstić information content (AvgIpc) is 3.23. The van der Waals surface area contributed by atoms with Crippen LogP contribution < -0.4 is 14.8 Å². The standard InChI is InChI=1S/C28H23Cl2FN4O7S/c1-3-9-41-26(38)17-12-16(6-7-18(17)29)33-23(36)14-35-25(37)22(43-28(35)39)11-15-5-8-20(21(10-15)40-4-2)42-24-19(31)13-32-27(30)34-24/h5-8,10-13H,3-4,9,14H2,1-2H3,(H,33,36)/b22-11+. The number of anilines is 1. The number of carbonyl (C=O) groups is 4. The number of esters is 1. The Morgan fingerprint density at radius 1 is 1.12 bits per heavy atom. The zero-order valence-corrected chi connectivity index (χ0v) is 25.0. The highest BCUT2D eigenvalue weighted by Crippen LogP contribution is 2.36. The van der Waals surface area contributed by atoms with Gasteiger partial charge in [-0.2, -0.15) is 9.37 Å². The molecule has 11 nitrogen and oxygen atoms in total. The van der Waals surface area contributed by atoms with Crippen LogP contribution in [0.25, 0.3) is 6.08 Å². The van der Waals surface area contributed by atoms with Crippen LogP contribution in [-0.4, -0.2) is 57.6 Å². The normalized spacial score (nSPS) is 13.8. The largest absolute Gasteiger partial charge is 0.490 e. The molecule has 1 saturated heterocycles. The van der Waals surface area contributed by atoms with Crippen molar-refractivity contribution in [2.24, 2.45) is 0 Å².